The average molecular weight is 918 g/mol. The Balaban J connectivity index is 1.39. The zero-order chi connectivity index (χ0) is 32.4. The largest absolute Gasteiger partial charge is 0.497 e. The summed E-state index contributed by atoms with van der Waals surface area (Å²) in [6, 6.07) is 28.0. The van der Waals surface area contributed by atoms with Crippen molar-refractivity contribution in [2.45, 2.75) is 19.6 Å². The van der Waals surface area contributed by atoms with Gasteiger partial charge < -0.3 is 14.8 Å². The van der Waals surface area contributed by atoms with Gasteiger partial charge in [-0.1, -0.05) is 69.7 Å². The second-order valence-corrected chi connectivity index (χ2v) is 14.7. The van der Waals surface area contributed by atoms with E-state index in [4.69, 9.17) is 14.5 Å². The first-order valence-electron chi connectivity index (χ1n) is 14.1. The Morgan fingerprint density at radius 2 is 1.74 bits per heavy atom. The Morgan fingerprint density at radius 1 is 1.02 bits per heavy atom. The van der Waals surface area contributed by atoms with Crippen LogP contribution in [0.2, 0.25) is 0 Å². The lowest BCUT2D eigenvalue weighted by molar-refractivity contribution is -0.113. The van der Waals surface area contributed by atoms with Crippen LogP contribution in [0.1, 0.15) is 29.7 Å². The fraction of sp³-hybridized carbons (Fsp3) is 0.114. The van der Waals surface area contributed by atoms with Crippen molar-refractivity contribution in [1.29, 1.82) is 0 Å². The summed E-state index contributed by atoms with van der Waals surface area (Å²) in [4.78, 5) is 33.3. The number of methoxy groups -OCH3 is 1. The maximum Gasteiger partial charge on any atom is 0.271 e. The summed E-state index contributed by atoms with van der Waals surface area (Å²) in [6.45, 7) is 2.25. The number of amides is 1. The number of carbonyl (C=O) groups excluding carboxylic acids is 1. The summed E-state index contributed by atoms with van der Waals surface area (Å²) in [5.41, 5.74) is 4.05. The minimum Gasteiger partial charge on any atom is -0.497 e. The van der Waals surface area contributed by atoms with Crippen LogP contribution in [0.4, 0.5) is 5.69 Å². The molecule has 1 amide bonds. The van der Waals surface area contributed by atoms with Gasteiger partial charge in [0.05, 0.1) is 36.1 Å². The predicted octanol–water partition coefficient (Wildman–Crippen LogP) is 7.43. The highest BCUT2D eigenvalue weighted by atomic mass is 127. The number of hydrogen-bond donors (Lipinski definition) is 1. The number of rotatable bonds is 8. The molecular formula is C35H26BrI2N3O4S. The first-order chi connectivity index (χ1) is 22.2. The van der Waals surface area contributed by atoms with Crippen molar-refractivity contribution in [1.82, 2.24) is 4.57 Å². The van der Waals surface area contributed by atoms with E-state index in [-0.39, 0.29) is 11.5 Å². The molecule has 1 aromatic heterocycles. The number of hydrogen-bond acceptors (Lipinski definition) is 6. The molecule has 0 unspecified atom stereocenters. The molecule has 0 saturated carbocycles. The van der Waals surface area contributed by atoms with Gasteiger partial charge >= 0.3 is 0 Å². The molecule has 6 rings (SSSR count). The molecule has 0 bridgehead atoms. The highest BCUT2D eigenvalue weighted by Gasteiger charge is 2.32. The fourth-order valence-electron chi connectivity index (χ4n) is 5.15. The second-order valence-electron chi connectivity index (χ2n) is 10.4. The first-order valence-corrected chi connectivity index (χ1v) is 17.9. The van der Waals surface area contributed by atoms with Crippen LogP contribution in [-0.2, 0) is 11.4 Å². The molecule has 0 fully saturated rings. The zero-order valence-corrected chi connectivity index (χ0v) is 31.3. The molecule has 5 aromatic rings. The van der Waals surface area contributed by atoms with Crippen molar-refractivity contribution in [3.05, 3.63) is 150 Å². The van der Waals surface area contributed by atoms with Gasteiger partial charge in [-0.15, -0.1) is 0 Å². The van der Waals surface area contributed by atoms with Crippen LogP contribution in [-0.4, -0.2) is 17.6 Å². The van der Waals surface area contributed by atoms with Gasteiger partial charge in [-0.2, -0.15) is 0 Å². The van der Waals surface area contributed by atoms with Crippen LogP contribution in [0, 0.1) is 7.14 Å². The standard InChI is InChI=1S/C35H26BrI2N3O4S/c1-20-30(33(42)40-25-8-4-3-5-9-25)31(23-7-6-10-26(18-23)44-2)41-34(43)29(46-35(41)39-20)17-22-15-27(37)32(28(38)16-22)45-19-21-11-13-24(36)14-12-21/h3-18,31H,19H2,1-2H3,(H,40,42)/b29-17-/t31-/m1/s1. The molecular weight excluding hydrogens is 892 g/mol. The van der Waals surface area contributed by atoms with Crippen LogP contribution >= 0.6 is 72.4 Å². The van der Waals surface area contributed by atoms with E-state index in [0.717, 1.165) is 34.1 Å². The third kappa shape index (κ3) is 7.02. The van der Waals surface area contributed by atoms with E-state index in [9.17, 15) is 9.59 Å². The van der Waals surface area contributed by atoms with Crippen molar-refractivity contribution < 1.29 is 14.3 Å². The number of nitrogens with one attached hydrogen (secondary N) is 1. The number of halogens is 3. The molecule has 232 valence electrons. The van der Waals surface area contributed by atoms with Crippen LogP contribution < -0.4 is 29.7 Å². The second kappa shape index (κ2) is 14.2. The minimum atomic E-state index is -0.702. The smallest absolute Gasteiger partial charge is 0.271 e. The molecule has 0 saturated heterocycles. The summed E-state index contributed by atoms with van der Waals surface area (Å²) < 4.78 is 16.7. The Labute approximate surface area is 305 Å². The van der Waals surface area contributed by atoms with Crippen LogP contribution in [0.5, 0.6) is 11.5 Å². The SMILES string of the molecule is COc1cccc([C@@H]2C(C(=O)Nc3ccccc3)=C(C)N=c3s/c(=C\c4cc(I)c(OCc5ccc(Br)cc5)c(I)c4)c(=O)n32)c1. The molecule has 2 heterocycles. The monoisotopic (exact) mass is 917 g/mol. The Hall–Kier alpha value is -3.27. The third-order valence-electron chi connectivity index (χ3n) is 7.32. The molecule has 0 spiro atoms. The maximum absolute atomic E-state index is 14.2. The van der Waals surface area contributed by atoms with Crippen LogP contribution in [0.25, 0.3) is 6.08 Å². The summed E-state index contributed by atoms with van der Waals surface area (Å²) >= 11 is 9.31. The number of fused-ring (bicyclic) bond motifs is 1. The Morgan fingerprint density at radius 3 is 2.43 bits per heavy atom. The molecule has 0 radical (unpaired) electrons. The molecule has 1 aliphatic heterocycles. The molecule has 11 heteroatoms. The molecule has 1 atom stereocenters. The Bertz CT molecular complexity index is 2140. The molecule has 1 N–H and O–H groups in total. The van der Waals surface area contributed by atoms with Gasteiger partial charge in [-0.25, -0.2) is 4.99 Å². The Kier molecular flexibility index (Phi) is 10.1. The number of nitrogens with zero attached hydrogens (tertiary/aromatic N) is 2. The van der Waals surface area contributed by atoms with E-state index in [1.807, 2.05) is 104 Å². The van der Waals surface area contributed by atoms with E-state index in [2.05, 4.69) is 66.4 Å². The van der Waals surface area contributed by atoms with Gasteiger partial charge in [0, 0.05) is 10.2 Å². The number of thiazole rings is 1. The van der Waals surface area contributed by atoms with Gasteiger partial charge in [-0.3, -0.25) is 14.2 Å². The summed E-state index contributed by atoms with van der Waals surface area (Å²) in [5.74, 6) is 1.10. The molecule has 7 nitrogen and oxygen atoms in total. The van der Waals surface area contributed by atoms with E-state index in [1.165, 1.54) is 11.3 Å². The van der Waals surface area contributed by atoms with E-state index in [1.54, 1.807) is 11.7 Å². The third-order valence-corrected chi connectivity index (χ3v) is 10.4. The number of ether oxygens (including phenoxy) is 2. The summed E-state index contributed by atoms with van der Waals surface area (Å²) in [6.07, 6.45) is 1.87. The van der Waals surface area contributed by atoms with E-state index >= 15 is 0 Å². The van der Waals surface area contributed by atoms with Crippen LogP contribution in [0.15, 0.2) is 117 Å². The first kappa shape index (κ1) is 32.7. The zero-order valence-electron chi connectivity index (χ0n) is 24.6. The average Bonchev–Trinajstić information content (AvgIpc) is 3.34. The number of para-hydroxylation sites is 1. The van der Waals surface area contributed by atoms with Gasteiger partial charge in [0.1, 0.15) is 18.1 Å². The molecule has 0 aliphatic carbocycles. The summed E-state index contributed by atoms with van der Waals surface area (Å²) in [7, 11) is 1.59. The molecule has 4 aromatic carbocycles. The number of allylic oxidation sites excluding steroid dienone is 1. The normalized spacial score (nSPS) is 14.5. The predicted molar refractivity (Wildman–Crippen MR) is 202 cm³/mol. The lowest BCUT2D eigenvalue weighted by atomic mass is 9.95. The topological polar surface area (TPSA) is 81.9 Å². The van der Waals surface area contributed by atoms with E-state index < -0.39 is 6.04 Å². The van der Waals surface area contributed by atoms with Gasteiger partial charge in [0.25, 0.3) is 11.5 Å². The lowest BCUT2D eigenvalue weighted by Crippen LogP contribution is -2.40. The minimum absolute atomic E-state index is 0.227. The van der Waals surface area contributed by atoms with Crippen molar-refractivity contribution in [3.63, 3.8) is 0 Å². The number of carbonyl (C=O) groups is 1. The van der Waals surface area contributed by atoms with Crippen molar-refractivity contribution >= 4 is 90.1 Å². The molecule has 1 aliphatic rings. The van der Waals surface area contributed by atoms with Gasteiger partial charge in [0.2, 0.25) is 0 Å². The highest BCUT2D eigenvalue weighted by molar-refractivity contribution is 14.1. The lowest BCUT2D eigenvalue weighted by Gasteiger charge is -2.25. The van der Waals surface area contributed by atoms with Crippen LogP contribution in [0.3, 0.4) is 0 Å². The summed E-state index contributed by atoms with van der Waals surface area (Å²) in [5, 5.41) is 2.98. The van der Waals surface area contributed by atoms with E-state index in [0.29, 0.717) is 38.6 Å². The molecule has 46 heavy (non-hydrogen) atoms. The number of anilines is 1. The van der Waals surface area contributed by atoms with Gasteiger partial charge in [-0.05, 0) is 123 Å². The highest BCUT2D eigenvalue weighted by Crippen LogP contribution is 2.33. The maximum atomic E-state index is 14.2. The van der Waals surface area contributed by atoms with Gasteiger partial charge in [0.15, 0.2) is 4.80 Å². The number of aromatic nitrogens is 1. The van der Waals surface area contributed by atoms with Crippen molar-refractivity contribution in [2.75, 3.05) is 12.4 Å². The number of benzene rings is 4. The fourth-order valence-corrected chi connectivity index (χ4v) is 8.59. The quantitative estimate of drug-likeness (QED) is 0.164. The van der Waals surface area contributed by atoms with Crippen molar-refractivity contribution in [2.24, 2.45) is 4.99 Å². The van der Waals surface area contributed by atoms with Crippen molar-refractivity contribution in [3.8, 4) is 11.5 Å².